The van der Waals surface area contributed by atoms with Crippen molar-refractivity contribution in [1.29, 1.82) is 0 Å². The smallest absolute Gasteiger partial charge is 0.171 e. The Balaban J connectivity index is 1.81. The van der Waals surface area contributed by atoms with Gasteiger partial charge in [-0.15, -0.1) is 11.3 Å². The molecule has 0 aliphatic heterocycles. The number of thiophene rings is 1. The molecule has 0 amide bonds. The van der Waals surface area contributed by atoms with Gasteiger partial charge < -0.3 is 9.47 Å². The van der Waals surface area contributed by atoms with Gasteiger partial charge in [-0.1, -0.05) is 206 Å². The molecule has 1 rings (SSSR count). The summed E-state index contributed by atoms with van der Waals surface area (Å²) in [5, 5.41) is 4.21. The van der Waals surface area contributed by atoms with Crippen molar-refractivity contribution < 1.29 is 9.47 Å². The first kappa shape index (κ1) is 40.3. The van der Waals surface area contributed by atoms with Crippen molar-refractivity contribution in [3.63, 3.8) is 0 Å². The van der Waals surface area contributed by atoms with Crippen molar-refractivity contribution in [2.24, 2.45) is 0 Å². The Hall–Kier alpha value is -0.700. The number of hydrogen-bond acceptors (Lipinski definition) is 3. The first-order valence-electron chi connectivity index (χ1n) is 19.7. The number of ether oxygens (including phenoxy) is 2. The summed E-state index contributed by atoms with van der Waals surface area (Å²) in [6.07, 6.45) is 45.0. The molecule has 0 aliphatic carbocycles. The Morgan fingerprint density at radius 3 is 0.767 bits per heavy atom. The van der Waals surface area contributed by atoms with Gasteiger partial charge in [0.1, 0.15) is 0 Å². The van der Waals surface area contributed by atoms with Crippen LogP contribution in [-0.4, -0.2) is 13.2 Å². The zero-order valence-corrected chi connectivity index (χ0v) is 30.2. The van der Waals surface area contributed by atoms with Crippen molar-refractivity contribution in [3.05, 3.63) is 10.8 Å². The van der Waals surface area contributed by atoms with Crippen LogP contribution in [0.3, 0.4) is 0 Å². The van der Waals surface area contributed by atoms with Gasteiger partial charge in [0.25, 0.3) is 0 Å². The lowest BCUT2D eigenvalue weighted by Crippen LogP contribution is -2.01. The van der Waals surface area contributed by atoms with Gasteiger partial charge in [0.2, 0.25) is 0 Å². The van der Waals surface area contributed by atoms with E-state index < -0.39 is 0 Å². The Morgan fingerprint density at radius 2 is 0.535 bits per heavy atom. The predicted octanol–water partition coefficient (Wildman–Crippen LogP) is 15.0. The van der Waals surface area contributed by atoms with Crippen LogP contribution in [0.1, 0.15) is 219 Å². The van der Waals surface area contributed by atoms with E-state index in [1.54, 1.807) is 11.3 Å². The van der Waals surface area contributed by atoms with E-state index in [2.05, 4.69) is 24.6 Å². The summed E-state index contributed by atoms with van der Waals surface area (Å²) in [7, 11) is 0. The SMILES string of the molecule is CCCCCCCCCCCCCCCCCCOc1cscc1OCCCCCCCCCCCCCCCCCC. The maximum absolute atomic E-state index is 6.07. The topological polar surface area (TPSA) is 18.5 Å². The molecular formula is C40H76O2S. The molecule has 0 N–H and O–H groups in total. The van der Waals surface area contributed by atoms with Crippen molar-refractivity contribution in [1.82, 2.24) is 0 Å². The number of unbranched alkanes of at least 4 members (excludes halogenated alkanes) is 30. The molecule has 0 saturated carbocycles. The van der Waals surface area contributed by atoms with E-state index in [1.165, 1.54) is 193 Å². The van der Waals surface area contributed by atoms with E-state index in [9.17, 15) is 0 Å². The van der Waals surface area contributed by atoms with Gasteiger partial charge in [-0.05, 0) is 12.8 Å². The maximum Gasteiger partial charge on any atom is 0.171 e. The second-order valence-electron chi connectivity index (χ2n) is 13.4. The minimum atomic E-state index is 0.824. The van der Waals surface area contributed by atoms with Crippen molar-refractivity contribution in [2.45, 2.75) is 219 Å². The average Bonchev–Trinajstić information content (AvgIpc) is 3.47. The van der Waals surface area contributed by atoms with Gasteiger partial charge >= 0.3 is 0 Å². The zero-order valence-electron chi connectivity index (χ0n) is 29.4. The van der Waals surface area contributed by atoms with Gasteiger partial charge in [0.05, 0.1) is 13.2 Å². The van der Waals surface area contributed by atoms with E-state index >= 15 is 0 Å². The first-order valence-corrected chi connectivity index (χ1v) is 20.6. The fourth-order valence-electron chi connectivity index (χ4n) is 6.15. The molecule has 0 unspecified atom stereocenters. The molecule has 0 aromatic carbocycles. The summed E-state index contributed by atoms with van der Waals surface area (Å²) < 4.78 is 12.1. The van der Waals surface area contributed by atoms with Crippen LogP contribution in [0, 0.1) is 0 Å². The Morgan fingerprint density at radius 1 is 0.326 bits per heavy atom. The van der Waals surface area contributed by atoms with Crippen molar-refractivity contribution >= 4 is 11.3 Å². The summed E-state index contributed by atoms with van der Waals surface area (Å²) in [4.78, 5) is 0. The standard InChI is InChI=1S/C40H76O2S/c1-3-5-7-9-11-13-15-17-19-21-23-25-27-29-31-33-35-41-39-37-43-38-40(39)42-36-34-32-30-28-26-24-22-20-18-16-14-12-10-8-6-4-2/h37-38H,3-36H2,1-2H3. The molecule has 0 atom stereocenters. The minimum absolute atomic E-state index is 0.824. The molecule has 43 heavy (non-hydrogen) atoms. The fourth-order valence-corrected chi connectivity index (χ4v) is 6.83. The van der Waals surface area contributed by atoms with Gasteiger partial charge in [-0.2, -0.15) is 0 Å². The van der Waals surface area contributed by atoms with Crippen LogP contribution in [0.4, 0.5) is 0 Å². The van der Waals surface area contributed by atoms with E-state index in [-0.39, 0.29) is 0 Å². The lowest BCUT2D eigenvalue weighted by atomic mass is 10.0. The summed E-state index contributed by atoms with van der Waals surface area (Å²) >= 11 is 1.69. The maximum atomic E-state index is 6.07. The van der Waals surface area contributed by atoms with Crippen LogP contribution in [0.15, 0.2) is 10.8 Å². The lowest BCUT2D eigenvalue weighted by molar-refractivity contribution is 0.260. The largest absolute Gasteiger partial charge is 0.489 e. The van der Waals surface area contributed by atoms with Crippen molar-refractivity contribution in [3.8, 4) is 11.5 Å². The van der Waals surface area contributed by atoms with Crippen LogP contribution in [0.25, 0.3) is 0 Å². The minimum Gasteiger partial charge on any atom is -0.489 e. The number of hydrogen-bond donors (Lipinski definition) is 0. The van der Waals surface area contributed by atoms with Gasteiger partial charge in [-0.25, -0.2) is 0 Å². The molecule has 1 heterocycles. The van der Waals surface area contributed by atoms with E-state index in [4.69, 9.17) is 9.47 Å². The monoisotopic (exact) mass is 621 g/mol. The van der Waals surface area contributed by atoms with Crippen LogP contribution in [0.5, 0.6) is 11.5 Å². The highest BCUT2D eigenvalue weighted by Gasteiger charge is 2.06. The Kier molecular flexibility index (Phi) is 32.1. The van der Waals surface area contributed by atoms with Crippen molar-refractivity contribution in [2.75, 3.05) is 13.2 Å². The molecule has 0 bridgehead atoms. The third-order valence-electron chi connectivity index (χ3n) is 9.10. The van der Waals surface area contributed by atoms with Gasteiger partial charge in [-0.3, -0.25) is 0 Å². The summed E-state index contributed by atoms with van der Waals surface area (Å²) in [5.74, 6) is 1.92. The molecule has 1 aromatic rings. The van der Waals surface area contributed by atoms with E-state index in [1.807, 2.05) is 0 Å². The van der Waals surface area contributed by atoms with Crippen LogP contribution in [-0.2, 0) is 0 Å². The molecule has 0 spiro atoms. The van der Waals surface area contributed by atoms with Crippen LogP contribution < -0.4 is 9.47 Å². The highest BCUT2D eigenvalue weighted by molar-refractivity contribution is 7.08. The molecule has 1 aromatic heterocycles. The van der Waals surface area contributed by atoms with Crippen LogP contribution in [0.2, 0.25) is 0 Å². The summed E-state index contributed by atoms with van der Waals surface area (Å²) in [5.41, 5.74) is 0. The van der Waals surface area contributed by atoms with Crippen LogP contribution >= 0.6 is 11.3 Å². The lowest BCUT2D eigenvalue weighted by Gasteiger charge is -2.09. The van der Waals surface area contributed by atoms with Gasteiger partial charge in [0.15, 0.2) is 11.5 Å². The summed E-state index contributed by atoms with van der Waals surface area (Å²) in [6.45, 7) is 6.25. The normalized spacial score (nSPS) is 11.4. The predicted molar refractivity (Wildman–Crippen MR) is 194 cm³/mol. The third-order valence-corrected chi connectivity index (χ3v) is 9.80. The molecule has 0 saturated heterocycles. The highest BCUT2D eigenvalue weighted by Crippen LogP contribution is 2.32. The van der Waals surface area contributed by atoms with E-state index in [0.29, 0.717) is 0 Å². The molecule has 254 valence electrons. The zero-order chi connectivity index (χ0) is 30.7. The second kappa shape index (κ2) is 34.2. The molecule has 0 aliphatic rings. The highest BCUT2D eigenvalue weighted by atomic mass is 32.1. The molecular weight excluding hydrogens is 545 g/mol. The second-order valence-corrected chi connectivity index (χ2v) is 14.1. The third kappa shape index (κ3) is 28.5. The fraction of sp³-hybridized carbons (Fsp3) is 0.900. The van der Waals surface area contributed by atoms with Gasteiger partial charge in [0, 0.05) is 10.8 Å². The molecule has 0 radical (unpaired) electrons. The Labute approximate surface area is 274 Å². The molecule has 2 nitrogen and oxygen atoms in total. The number of rotatable bonds is 36. The quantitative estimate of drug-likeness (QED) is 0.0695. The van der Waals surface area contributed by atoms with E-state index in [0.717, 1.165) is 37.6 Å². The molecule has 3 heteroatoms. The average molecular weight is 621 g/mol. The summed E-state index contributed by atoms with van der Waals surface area (Å²) in [6, 6.07) is 0. The Bertz CT molecular complexity index is 590. The molecule has 0 fully saturated rings. The first-order chi connectivity index (χ1) is 21.4.